The third kappa shape index (κ3) is 3.22. The molecule has 88 valence electrons. The maximum Gasteiger partial charge on any atom is 0.241 e. The van der Waals surface area contributed by atoms with Gasteiger partial charge in [-0.05, 0) is 18.1 Å². The van der Waals surface area contributed by atoms with Gasteiger partial charge in [0.1, 0.15) is 0 Å². The summed E-state index contributed by atoms with van der Waals surface area (Å²) in [5, 5.41) is 3.25. The van der Waals surface area contributed by atoms with Crippen LogP contribution in [0.3, 0.4) is 0 Å². The summed E-state index contributed by atoms with van der Waals surface area (Å²) in [6.45, 7) is 3.96. The SMILES string of the molecule is CC[C@H](C)[C@H](N)C(=O)Nc1ccccc1Cl. The predicted octanol–water partition coefficient (Wildman–Crippen LogP) is 2.65. The number of hydrogen-bond acceptors (Lipinski definition) is 2. The maximum atomic E-state index is 11.8. The van der Waals surface area contributed by atoms with E-state index in [1.54, 1.807) is 12.1 Å². The van der Waals surface area contributed by atoms with Gasteiger partial charge in [0.25, 0.3) is 0 Å². The average Bonchev–Trinajstić information content (AvgIpc) is 2.30. The fourth-order valence-electron chi connectivity index (χ4n) is 1.29. The number of nitrogens with one attached hydrogen (secondary N) is 1. The fraction of sp³-hybridized carbons (Fsp3) is 0.417. The number of rotatable bonds is 4. The highest BCUT2D eigenvalue weighted by Gasteiger charge is 2.19. The molecule has 2 atom stereocenters. The molecule has 1 aromatic carbocycles. The quantitative estimate of drug-likeness (QED) is 0.850. The lowest BCUT2D eigenvalue weighted by atomic mass is 9.99. The highest BCUT2D eigenvalue weighted by molar-refractivity contribution is 6.33. The van der Waals surface area contributed by atoms with Gasteiger partial charge in [-0.2, -0.15) is 0 Å². The van der Waals surface area contributed by atoms with Gasteiger partial charge in [-0.25, -0.2) is 0 Å². The smallest absolute Gasteiger partial charge is 0.241 e. The molecule has 0 heterocycles. The summed E-state index contributed by atoms with van der Waals surface area (Å²) < 4.78 is 0. The lowest BCUT2D eigenvalue weighted by Gasteiger charge is -2.18. The average molecular weight is 241 g/mol. The Hall–Kier alpha value is -1.06. The van der Waals surface area contributed by atoms with Crippen LogP contribution in [-0.2, 0) is 4.79 Å². The van der Waals surface area contributed by atoms with Crippen LogP contribution in [0.25, 0.3) is 0 Å². The van der Waals surface area contributed by atoms with Gasteiger partial charge in [-0.3, -0.25) is 4.79 Å². The molecule has 3 N–H and O–H groups in total. The molecule has 0 fully saturated rings. The van der Waals surface area contributed by atoms with Gasteiger partial charge >= 0.3 is 0 Å². The van der Waals surface area contributed by atoms with Crippen molar-refractivity contribution in [2.75, 3.05) is 5.32 Å². The van der Waals surface area contributed by atoms with Crippen molar-refractivity contribution in [1.82, 2.24) is 0 Å². The molecular formula is C12H17ClN2O. The van der Waals surface area contributed by atoms with Crippen molar-refractivity contribution in [3.8, 4) is 0 Å². The topological polar surface area (TPSA) is 55.1 Å². The van der Waals surface area contributed by atoms with Crippen molar-refractivity contribution < 1.29 is 4.79 Å². The van der Waals surface area contributed by atoms with Gasteiger partial charge in [0.2, 0.25) is 5.91 Å². The molecule has 1 amide bonds. The number of halogens is 1. The minimum Gasteiger partial charge on any atom is -0.323 e. The molecule has 0 bridgehead atoms. The van der Waals surface area contributed by atoms with Crippen molar-refractivity contribution in [1.29, 1.82) is 0 Å². The summed E-state index contributed by atoms with van der Waals surface area (Å²) in [4.78, 5) is 11.8. The van der Waals surface area contributed by atoms with Crippen molar-refractivity contribution in [3.63, 3.8) is 0 Å². The van der Waals surface area contributed by atoms with Crippen LogP contribution >= 0.6 is 11.6 Å². The van der Waals surface area contributed by atoms with E-state index in [9.17, 15) is 4.79 Å². The maximum absolute atomic E-state index is 11.8. The molecule has 0 radical (unpaired) electrons. The van der Waals surface area contributed by atoms with E-state index in [2.05, 4.69) is 5.32 Å². The minimum atomic E-state index is -0.499. The van der Waals surface area contributed by atoms with E-state index < -0.39 is 6.04 Å². The van der Waals surface area contributed by atoms with Gasteiger partial charge in [0.05, 0.1) is 16.8 Å². The Labute approximate surface area is 101 Å². The van der Waals surface area contributed by atoms with Crippen LogP contribution in [-0.4, -0.2) is 11.9 Å². The molecule has 0 aromatic heterocycles. The van der Waals surface area contributed by atoms with Gasteiger partial charge in [-0.1, -0.05) is 44.0 Å². The second-order valence-electron chi connectivity index (χ2n) is 3.88. The Balaban J connectivity index is 2.68. The Morgan fingerprint density at radius 3 is 2.69 bits per heavy atom. The van der Waals surface area contributed by atoms with Gasteiger partial charge in [0.15, 0.2) is 0 Å². The fourth-order valence-corrected chi connectivity index (χ4v) is 1.47. The van der Waals surface area contributed by atoms with Crippen LogP contribution in [0.4, 0.5) is 5.69 Å². The lowest BCUT2D eigenvalue weighted by molar-refractivity contribution is -0.118. The standard InChI is InChI=1S/C12H17ClN2O/c1-3-8(2)11(14)12(16)15-10-7-5-4-6-9(10)13/h4-8,11H,3,14H2,1-2H3,(H,15,16)/t8-,11-/m0/s1. The summed E-state index contributed by atoms with van der Waals surface area (Å²) in [7, 11) is 0. The zero-order valence-electron chi connectivity index (χ0n) is 9.53. The Kier molecular flexibility index (Phi) is 4.77. The number of anilines is 1. The number of carbonyl (C=O) groups is 1. The monoisotopic (exact) mass is 240 g/mol. The molecule has 16 heavy (non-hydrogen) atoms. The summed E-state index contributed by atoms with van der Waals surface area (Å²) >= 11 is 5.93. The van der Waals surface area contributed by atoms with E-state index in [0.717, 1.165) is 6.42 Å². The summed E-state index contributed by atoms with van der Waals surface area (Å²) in [6, 6.07) is 6.61. The van der Waals surface area contributed by atoms with Crippen molar-refractivity contribution in [3.05, 3.63) is 29.3 Å². The van der Waals surface area contributed by atoms with Crippen LogP contribution in [0.15, 0.2) is 24.3 Å². The van der Waals surface area contributed by atoms with Gasteiger partial charge in [0, 0.05) is 0 Å². The highest BCUT2D eigenvalue weighted by atomic mass is 35.5. The first-order valence-electron chi connectivity index (χ1n) is 5.37. The number of carbonyl (C=O) groups excluding carboxylic acids is 1. The zero-order chi connectivity index (χ0) is 12.1. The molecule has 0 unspecified atom stereocenters. The van der Waals surface area contributed by atoms with E-state index in [0.29, 0.717) is 10.7 Å². The molecule has 4 heteroatoms. The van der Waals surface area contributed by atoms with Crippen LogP contribution in [0, 0.1) is 5.92 Å². The molecule has 0 saturated carbocycles. The van der Waals surface area contributed by atoms with E-state index in [1.807, 2.05) is 26.0 Å². The van der Waals surface area contributed by atoms with Crippen molar-refractivity contribution in [2.24, 2.45) is 11.7 Å². The first-order chi connectivity index (χ1) is 7.56. The summed E-state index contributed by atoms with van der Waals surface area (Å²) in [5.74, 6) is -0.0371. The molecule has 0 aliphatic heterocycles. The normalized spacial score (nSPS) is 14.2. The lowest BCUT2D eigenvalue weighted by Crippen LogP contribution is -2.40. The van der Waals surface area contributed by atoms with Gasteiger partial charge < -0.3 is 11.1 Å². The molecule has 3 nitrogen and oxygen atoms in total. The van der Waals surface area contributed by atoms with E-state index in [4.69, 9.17) is 17.3 Å². The molecule has 1 rings (SSSR count). The van der Waals surface area contributed by atoms with Crippen LogP contribution in [0.1, 0.15) is 20.3 Å². The number of hydrogen-bond donors (Lipinski definition) is 2. The number of para-hydroxylation sites is 1. The zero-order valence-corrected chi connectivity index (χ0v) is 10.3. The molecular weight excluding hydrogens is 224 g/mol. The van der Waals surface area contributed by atoms with Crippen molar-refractivity contribution >= 4 is 23.2 Å². The molecule has 0 aliphatic rings. The second kappa shape index (κ2) is 5.87. The number of amides is 1. The number of nitrogens with two attached hydrogens (primary N) is 1. The van der Waals surface area contributed by atoms with E-state index in [-0.39, 0.29) is 11.8 Å². The Morgan fingerprint density at radius 1 is 1.50 bits per heavy atom. The van der Waals surface area contributed by atoms with E-state index >= 15 is 0 Å². The molecule has 0 aliphatic carbocycles. The third-order valence-electron chi connectivity index (χ3n) is 2.69. The van der Waals surface area contributed by atoms with Crippen LogP contribution < -0.4 is 11.1 Å². The summed E-state index contributed by atoms with van der Waals surface area (Å²) in [5.41, 5.74) is 6.42. The van der Waals surface area contributed by atoms with Crippen LogP contribution in [0.2, 0.25) is 5.02 Å². The van der Waals surface area contributed by atoms with Crippen LogP contribution in [0.5, 0.6) is 0 Å². The Morgan fingerprint density at radius 2 is 2.12 bits per heavy atom. The van der Waals surface area contributed by atoms with Crippen molar-refractivity contribution in [2.45, 2.75) is 26.3 Å². The molecule has 1 aromatic rings. The Bertz CT molecular complexity index is 368. The number of benzene rings is 1. The minimum absolute atomic E-state index is 0.155. The summed E-state index contributed by atoms with van der Waals surface area (Å²) in [6.07, 6.45) is 0.872. The third-order valence-corrected chi connectivity index (χ3v) is 3.02. The van der Waals surface area contributed by atoms with Gasteiger partial charge in [-0.15, -0.1) is 0 Å². The van der Waals surface area contributed by atoms with E-state index in [1.165, 1.54) is 0 Å². The highest BCUT2D eigenvalue weighted by Crippen LogP contribution is 2.21. The first-order valence-corrected chi connectivity index (χ1v) is 5.75. The largest absolute Gasteiger partial charge is 0.323 e. The second-order valence-corrected chi connectivity index (χ2v) is 4.29. The molecule has 0 saturated heterocycles. The predicted molar refractivity (Wildman–Crippen MR) is 67.5 cm³/mol. The molecule has 0 spiro atoms. The first kappa shape index (κ1) is 13.0.